The molecule has 0 saturated heterocycles. The molecule has 0 aliphatic heterocycles. The summed E-state index contributed by atoms with van der Waals surface area (Å²) < 4.78 is 24.3. The van der Waals surface area contributed by atoms with E-state index >= 15 is 0 Å². The number of nitrogens with one attached hydrogen (secondary N) is 1. The Labute approximate surface area is 118 Å². The molecule has 106 valence electrons. The topological polar surface area (TPSA) is 30.5 Å². The minimum Gasteiger partial charge on any atom is -0.493 e. The lowest BCUT2D eigenvalue weighted by Crippen LogP contribution is -2.03. The van der Waals surface area contributed by atoms with Gasteiger partial charge in [-0.15, -0.1) is 0 Å². The van der Waals surface area contributed by atoms with Crippen molar-refractivity contribution >= 4 is 5.69 Å². The van der Waals surface area contributed by atoms with E-state index in [1.807, 2.05) is 24.3 Å². The Hall–Kier alpha value is -2.23. The van der Waals surface area contributed by atoms with Crippen LogP contribution in [0.15, 0.2) is 36.4 Å². The molecule has 0 saturated carbocycles. The fourth-order valence-electron chi connectivity index (χ4n) is 1.97. The standard InChI is InChI=1S/C16H18FNO2/c1-11-5-4-6-13(16(11)17)18-10-12-7-8-14(19-2)15(9-12)20-3/h4-9,18H,10H2,1-3H3. The number of rotatable bonds is 5. The van der Waals surface area contributed by atoms with E-state index in [0.29, 0.717) is 29.3 Å². The molecule has 0 aliphatic rings. The number of ether oxygens (including phenoxy) is 2. The molecule has 2 aromatic rings. The van der Waals surface area contributed by atoms with Gasteiger partial charge in [-0.1, -0.05) is 18.2 Å². The van der Waals surface area contributed by atoms with E-state index < -0.39 is 0 Å². The van der Waals surface area contributed by atoms with Crippen LogP contribution in [0.2, 0.25) is 0 Å². The summed E-state index contributed by atoms with van der Waals surface area (Å²) in [6.45, 7) is 2.26. The van der Waals surface area contributed by atoms with E-state index in [1.165, 1.54) is 0 Å². The second kappa shape index (κ2) is 6.28. The number of aryl methyl sites for hydroxylation is 1. The highest BCUT2D eigenvalue weighted by Gasteiger charge is 2.06. The fraction of sp³-hybridized carbons (Fsp3) is 0.250. The van der Waals surface area contributed by atoms with Crippen LogP contribution in [-0.4, -0.2) is 14.2 Å². The summed E-state index contributed by atoms with van der Waals surface area (Å²) in [5.41, 5.74) is 2.12. The Kier molecular flexibility index (Phi) is 4.45. The Morgan fingerprint density at radius 2 is 1.80 bits per heavy atom. The molecule has 0 spiro atoms. The summed E-state index contributed by atoms with van der Waals surface area (Å²) in [6, 6.07) is 10.9. The zero-order valence-electron chi connectivity index (χ0n) is 11.9. The third-order valence-electron chi connectivity index (χ3n) is 3.12. The van der Waals surface area contributed by atoms with Crippen LogP contribution in [0.4, 0.5) is 10.1 Å². The van der Waals surface area contributed by atoms with Crippen LogP contribution in [0.5, 0.6) is 11.5 Å². The highest BCUT2D eigenvalue weighted by atomic mass is 19.1. The van der Waals surface area contributed by atoms with Crippen molar-refractivity contribution in [3.63, 3.8) is 0 Å². The lowest BCUT2D eigenvalue weighted by molar-refractivity contribution is 0.354. The first-order valence-electron chi connectivity index (χ1n) is 6.35. The van der Waals surface area contributed by atoms with Crippen LogP contribution >= 0.6 is 0 Å². The van der Waals surface area contributed by atoms with Gasteiger partial charge in [0.25, 0.3) is 0 Å². The Bertz CT molecular complexity index is 599. The Morgan fingerprint density at radius 3 is 2.50 bits per heavy atom. The van der Waals surface area contributed by atoms with Gasteiger partial charge in [-0.2, -0.15) is 0 Å². The molecule has 0 heterocycles. The number of hydrogen-bond donors (Lipinski definition) is 1. The fourth-order valence-corrected chi connectivity index (χ4v) is 1.97. The van der Waals surface area contributed by atoms with Gasteiger partial charge in [-0.3, -0.25) is 0 Å². The third kappa shape index (κ3) is 3.02. The molecular formula is C16H18FNO2. The maximum absolute atomic E-state index is 13.9. The van der Waals surface area contributed by atoms with Gasteiger partial charge >= 0.3 is 0 Å². The van der Waals surface area contributed by atoms with Crippen molar-refractivity contribution in [2.24, 2.45) is 0 Å². The van der Waals surface area contributed by atoms with E-state index in [-0.39, 0.29) is 5.82 Å². The minimum absolute atomic E-state index is 0.215. The SMILES string of the molecule is COc1ccc(CNc2cccc(C)c2F)cc1OC. The van der Waals surface area contributed by atoms with E-state index in [1.54, 1.807) is 33.3 Å². The summed E-state index contributed by atoms with van der Waals surface area (Å²) in [5.74, 6) is 1.13. The molecule has 4 heteroatoms. The molecule has 0 amide bonds. The van der Waals surface area contributed by atoms with Gasteiger partial charge in [0.2, 0.25) is 0 Å². The Morgan fingerprint density at radius 1 is 1.05 bits per heavy atom. The van der Waals surface area contributed by atoms with Crippen LogP contribution in [0.25, 0.3) is 0 Å². The van der Waals surface area contributed by atoms with Crippen molar-refractivity contribution in [3.05, 3.63) is 53.3 Å². The third-order valence-corrected chi connectivity index (χ3v) is 3.12. The van der Waals surface area contributed by atoms with Crippen molar-refractivity contribution < 1.29 is 13.9 Å². The van der Waals surface area contributed by atoms with Gasteiger partial charge in [-0.25, -0.2) is 4.39 Å². The largest absolute Gasteiger partial charge is 0.493 e. The zero-order valence-corrected chi connectivity index (χ0v) is 11.9. The van der Waals surface area contributed by atoms with Crippen molar-refractivity contribution in [2.45, 2.75) is 13.5 Å². The van der Waals surface area contributed by atoms with Crippen molar-refractivity contribution in [1.82, 2.24) is 0 Å². The van der Waals surface area contributed by atoms with Crippen LogP contribution in [0, 0.1) is 12.7 Å². The first-order valence-corrected chi connectivity index (χ1v) is 6.35. The maximum Gasteiger partial charge on any atom is 0.161 e. The lowest BCUT2D eigenvalue weighted by atomic mass is 10.1. The molecule has 0 atom stereocenters. The van der Waals surface area contributed by atoms with Gasteiger partial charge in [0, 0.05) is 6.54 Å². The first-order chi connectivity index (χ1) is 9.65. The first kappa shape index (κ1) is 14.2. The predicted molar refractivity (Wildman–Crippen MR) is 78.0 cm³/mol. The molecule has 0 unspecified atom stereocenters. The van der Waals surface area contributed by atoms with Gasteiger partial charge in [0.15, 0.2) is 11.5 Å². The smallest absolute Gasteiger partial charge is 0.161 e. The number of benzene rings is 2. The summed E-state index contributed by atoms with van der Waals surface area (Å²) in [5, 5.41) is 3.09. The average molecular weight is 275 g/mol. The van der Waals surface area contributed by atoms with Gasteiger partial charge < -0.3 is 14.8 Å². The zero-order chi connectivity index (χ0) is 14.5. The van der Waals surface area contributed by atoms with E-state index in [0.717, 1.165) is 5.56 Å². The van der Waals surface area contributed by atoms with E-state index in [2.05, 4.69) is 5.32 Å². The molecular weight excluding hydrogens is 257 g/mol. The van der Waals surface area contributed by atoms with Gasteiger partial charge in [0.1, 0.15) is 5.82 Å². The molecule has 2 rings (SSSR count). The van der Waals surface area contributed by atoms with Gasteiger partial charge in [0.05, 0.1) is 19.9 Å². The van der Waals surface area contributed by atoms with E-state index in [4.69, 9.17) is 9.47 Å². The number of hydrogen-bond acceptors (Lipinski definition) is 3. The normalized spacial score (nSPS) is 10.2. The molecule has 0 fully saturated rings. The predicted octanol–water partition coefficient (Wildman–Crippen LogP) is 3.76. The maximum atomic E-state index is 13.9. The molecule has 1 N–H and O–H groups in total. The van der Waals surface area contributed by atoms with Gasteiger partial charge in [-0.05, 0) is 36.2 Å². The van der Waals surface area contributed by atoms with Crippen LogP contribution in [0.1, 0.15) is 11.1 Å². The molecule has 0 radical (unpaired) electrons. The number of anilines is 1. The molecule has 0 bridgehead atoms. The average Bonchev–Trinajstić information content (AvgIpc) is 2.48. The number of methoxy groups -OCH3 is 2. The van der Waals surface area contributed by atoms with Crippen LogP contribution in [-0.2, 0) is 6.54 Å². The second-order valence-corrected chi connectivity index (χ2v) is 4.48. The van der Waals surface area contributed by atoms with E-state index in [9.17, 15) is 4.39 Å². The molecule has 0 aromatic heterocycles. The number of halogens is 1. The molecule has 0 aliphatic carbocycles. The highest BCUT2D eigenvalue weighted by molar-refractivity contribution is 5.49. The second-order valence-electron chi connectivity index (χ2n) is 4.48. The molecule has 2 aromatic carbocycles. The van der Waals surface area contributed by atoms with Crippen molar-refractivity contribution in [3.8, 4) is 11.5 Å². The lowest BCUT2D eigenvalue weighted by Gasteiger charge is -2.12. The minimum atomic E-state index is -0.215. The summed E-state index contributed by atoms with van der Waals surface area (Å²) in [7, 11) is 3.19. The van der Waals surface area contributed by atoms with Crippen LogP contribution in [0.3, 0.4) is 0 Å². The Balaban J connectivity index is 2.13. The van der Waals surface area contributed by atoms with Crippen LogP contribution < -0.4 is 14.8 Å². The highest BCUT2D eigenvalue weighted by Crippen LogP contribution is 2.28. The van der Waals surface area contributed by atoms with Crippen molar-refractivity contribution in [1.29, 1.82) is 0 Å². The van der Waals surface area contributed by atoms with Crippen molar-refractivity contribution in [2.75, 3.05) is 19.5 Å². The monoisotopic (exact) mass is 275 g/mol. The quantitative estimate of drug-likeness (QED) is 0.901. The summed E-state index contributed by atoms with van der Waals surface area (Å²) >= 11 is 0. The summed E-state index contributed by atoms with van der Waals surface area (Å²) in [6.07, 6.45) is 0. The molecule has 3 nitrogen and oxygen atoms in total. The summed E-state index contributed by atoms with van der Waals surface area (Å²) in [4.78, 5) is 0. The molecule has 20 heavy (non-hydrogen) atoms.